The van der Waals surface area contributed by atoms with Gasteiger partial charge in [-0.3, -0.25) is 0 Å². The molecule has 0 aromatic heterocycles. The fourth-order valence-corrected chi connectivity index (χ4v) is 2.28. The van der Waals surface area contributed by atoms with Crippen molar-refractivity contribution >= 4 is 36.8 Å². The maximum atomic E-state index is 11.8. The predicted molar refractivity (Wildman–Crippen MR) is 143 cm³/mol. The Morgan fingerprint density at radius 1 is 0.853 bits per heavy atom. The molecule has 2 aromatic carbocycles. The molecule has 0 fully saturated rings. The normalized spacial score (nSPS) is 8.94. The van der Waals surface area contributed by atoms with Crippen LogP contribution < -0.4 is 9.47 Å². The van der Waals surface area contributed by atoms with Crippen molar-refractivity contribution in [3.8, 4) is 11.5 Å². The van der Waals surface area contributed by atoms with E-state index >= 15 is 0 Å². The summed E-state index contributed by atoms with van der Waals surface area (Å²) in [6, 6.07) is 13.6. The lowest BCUT2D eigenvalue weighted by Gasteiger charge is -2.09. The van der Waals surface area contributed by atoms with Gasteiger partial charge in [-0.1, -0.05) is 62.4 Å². The van der Waals surface area contributed by atoms with Crippen molar-refractivity contribution in [3.63, 3.8) is 0 Å². The molecule has 0 aliphatic rings. The van der Waals surface area contributed by atoms with Crippen LogP contribution in [0.5, 0.6) is 11.5 Å². The molecule has 0 saturated carbocycles. The minimum atomic E-state index is -0.421. The maximum Gasteiger partial charge on any atom is 0.338 e. The summed E-state index contributed by atoms with van der Waals surface area (Å²) in [4.78, 5) is 29.4. The molecule has 0 bridgehead atoms. The molecule has 2 rings (SSSR count). The van der Waals surface area contributed by atoms with Crippen LogP contribution >= 0.6 is 0 Å². The summed E-state index contributed by atoms with van der Waals surface area (Å²) in [7, 11) is 1.65. The van der Waals surface area contributed by atoms with Crippen molar-refractivity contribution in [2.75, 3.05) is 7.11 Å². The van der Waals surface area contributed by atoms with Gasteiger partial charge in [-0.15, -0.1) is 0 Å². The van der Waals surface area contributed by atoms with E-state index in [9.17, 15) is 4.79 Å². The Kier molecular flexibility index (Phi) is 19.0. The van der Waals surface area contributed by atoms with Gasteiger partial charge in [0, 0.05) is 11.1 Å². The second-order valence-corrected chi connectivity index (χ2v) is 6.77. The summed E-state index contributed by atoms with van der Waals surface area (Å²) in [5.74, 6) is 0.937. The highest BCUT2D eigenvalue weighted by Crippen LogP contribution is 2.25. The topological polar surface area (TPSA) is 69.7 Å². The number of methoxy groups -OCH3 is 1. The lowest BCUT2D eigenvalue weighted by atomic mass is 10.1. The number of allylic oxidation sites excluding steroid dienone is 1. The van der Waals surface area contributed by atoms with Gasteiger partial charge in [-0.2, -0.15) is 0 Å². The summed E-state index contributed by atoms with van der Waals surface area (Å²) in [6.07, 6.45) is 7.54. The number of ether oxygens (including phenoxy) is 2. The summed E-state index contributed by atoms with van der Waals surface area (Å²) in [5, 5.41) is 0. The zero-order chi connectivity index (χ0) is 26.5. The molecule has 0 saturated heterocycles. The van der Waals surface area contributed by atoms with Crippen molar-refractivity contribution in [2.24, 2.45) is 0 Å². The van der Waals surface area contributed by atoms with Gasteiger partial charge < -0.3 is 19.1 Å². The van der Waals surface area contributed by atoms with Gasteiger partial charge in [0.2, 0.25) is 0 Å². The van der Waals surface area contributed by atoms with E-state index in [0.717, 1.165) is 40.6 Å². The van der Waals surface area contributed by atoms with Crippen molar-refractivity contribution in [1.29, 1.82) is 0 Å². The number of carbonyl (C=O) groups is 3. The average molecular weight is 467 g/mol. The zero-order valence-electron chi connectivity index (χ0n) is 21.7. The quantitative estimate of drug-likeness (QED) is 0.148. The van der Waals surface area contributed by atoms with Gasteiger partial charge in [0.1, 0.15) is 24.1 Å². The van der Waals surface area contributed by atoms with E-state index in [1.165, 1.54) is 13.8 Å². The molecule has 0 aliphatic carbocycles. The minimum absolute atomic E-state index is 0.372. The predicted octanol–water partition coefficient (Wildman–Crippen LogP) is 7.21. The van der Waals surface area contributed by atoms with Gasteiger partial charge in [0.15, 0.2) is 0 Å². The SMILES string of the molecule is C=C(C)C(=O)Oc1ccc(/C=C/c2ccc(OC)cc2)cc1C=C(C)C.CC.CC=O.CC=O. The molecular weight excluding hydrogens is 428 g/mol. The minimum Gasteiger partial charge on any atom is -0.497 e. The van der Waals surface area contributed by atoms with Crippen LogP contribution in [-0.2, 0) is 14.4 Å². The van der Waals surface area contributed by atoms with Crippen LogP contribution in [0.3, 0.4) is 0 Å². The second kappa shape index (κ2) is 19.9. The molecule has 0 heterocycles. The molecule has 0 spiro atoms. The van der Waals surface area contributed by atoms with Crippen LogP contribution in [-0.4, -0.2) is 25.7 Å². The zero-order valence-corrected chi connectivity index (χ0v) is 21.7. The molecule has 0 radical (unpaired) electrons. The molecule has 0 unspecified atom stereocenters. The van der Waals surface area contributed by atoms with E-state index in [-0.39, 0.29) is 0 Å². The lowest BCUT2D eigenvalue weighted by molar-refractivity contribution is -0.130. The van der Waals surface area contributed by atoms with E-state index in [4.69, 9.17) is 19.1 Å². The number of hydrogen-bond donors (Lipinski definition) is 0. The van der Waals surface area contributed by atoms with Crippen molar-refractivity contribution < 1.29 is 23.9 Å². The van der Waals surface area contributed by atoms with Crippen molar-refractivity contribution in [2.45, 2.75) is 48.5 Å². The number of aldehydes is 2. The van der Waals surface area contributed by atoms with Gasteiger partial charge in [0.25, 0.3) is 0 Å². The molecular formula is C29H38O5. The third-order valence-electron chi connectivity index (χ3n) is 3.61. The lowest BCUT2D eigenvalue weighted by Crippen LogP contribution is -2.09. The summed E-state index contributed by atoms with van der Waals surface area (Å²) in [5.41, 5.74) is 4.44. The standard InChI is InChI=1S/C23H24O3.2C2H4O.C2H6/c1-16(2)14-20-15-19(10-13-22(20)26-23(24)17(3)4)7-6-18-8-11-21(25-5)12-9-18;2*1-2-3;1-2/h6-15H,3H2,1-2,4-5H3;2*2H,1H3;1-2H3/b7-6+;;;. The number of hydrogen-bond acceptors (Lipinski definition) is 5. The molecule has 34 heavy (non-hydrogen) atoms. The Balaban J connectivity index is 0. The van der Waals surface area contributed by atoms with Gasteiger partial charge in [0.05, 0.1) is 7.11 Å². The highest BCUT2D eigenvalue weighted by molar-refractivity contribution is 5.89. The van der Waals surface area contributed by atoms with Crippen LogP contribution in [0.2, 0.25) is 0 Å². The maximum absolute atomic E-state index is 11.8. The fraction of sp³-hybridized carbons (Fsp3) is 0.276. The van der Waals surface area contributed by atoms with Gasteiger partial charge in [-0.25, -0.2) is 4.79 Å². The van der Waals surface area contributed by atoms with E-state index in [0.29, 0.717) is 11.3 Å². The third-order valence-corrected chi connectivity index (χ3v) is 3.61. The first-order valence-electron chi connectivity index (χ1n) is 11.0. The van der Waals surface area contributed by atoms with E-state index < -0.39 is 5.97 Å². The monoisotopic (exact) mass is 466 g/mol. The molecule has 5 nitrogen and oxygen atoms in total. The number of esters is 1. The third kappa shape index (κ3) is 14.4. The largest absolute Gasteiger partial charge is 0.497 e. The highest BCUT2D eigenvalue weighted by atomic mass is 16.5. The molecule has 0 amide bonds. The van der Waals surface area contributed by atoms with E-state index in [1.807, 2.05) is 88.4 Å². The molecule has 184 valence electrons. The van der Waals surface area contributed by atoms with Crippen molar-refractivity contribution in [1.82, 2.24) is 0 Å². The van der Waals surface area contributed by atoms with Gasteiger partial charge in [-0.05, 0) is 70.0 Å². The van der Waals surface area contributed by atoms with Crippen molar-refractivity contribution in [3.05, 3.63) is 76.9 Å². The van der Waals surface area contributed by atoms with E-state index in [1.54, 1.807) is 14.0 Å². The Morgan fingerprint density at radius 2 is 1.32 bits per heavy atom. The summed E-state index contributed by atoms with van der Waals surface area (Å²) >= 11 is 0. The van der Waals surface area contributed by atoms with Crippen LogP contribution in [0, 0.1) is 0 Å². The number of carbonyl (C=O) groups excluding carboxylic acids is 3. The Hall–Kier alpha value is -3.73. The van der Waals surface area contributed by atoms with Crippen LogP contribution in [0.25, 0.3) is 18.2 Å². The highest BCUT2D eigenvalue weighted by Gasteiger charge is 2.09. The first-order valence-corrected chi connectivity index (χ1v) is 11.0. The molecule has 0 N–H and O–H groups in total. The Bertz CT molecular complexity index is 941. The van der Waals surface area contributed by atoms with Crippen LogP contribution in [0.15, 0.2) is 60.2 Å². The summed E-state index contributed by atoms with van der Waals surface area (Å²) in [6.45, 7) is 16.2. The number of rotatable bonds is 6. The Morgan fingerprint density at radius 3 is 1.76 bits per heavy atom. The van der Waals surface area contributed by atoms with Gasteiger partial charge >= 0.3 is 5.97 Å². The smallest absolute Gasteiger partial charge is 0.338 e. The molecule has 0 aliphatic heterocycles. The van der Waals surface area contributed by atoms with E-state index in [2.05, 4.69) is 6.58 Å². The van der Waals surface area contributed by atoms with Crippen LogP contribution in [0.1, 0.15) is 65.2 Å². The fourth-order valence-electron chi connectivity index (χ4n) is 2.28. The first-order chi connectivity index (χ1) is 16.2. The number of benzene rings is 2. The molecule has 2 aromatic rings. The average Bonchev–Trinajstić information content (AvgIpc) is 2.81. The molecule has 5 heteroatoms. The first kappa shape index (κ1) is 32.4. The molecule has 0 atom stereocenters. The second-order valence-electron chi connectivity index (χ2n) is 6.77. The Labute approximate surface area is 204 Å². The van der Waals surface area contributed by atoms with Crippen LogP contribution in [0.4, 0.5) is 0 Å². The summed E-state index contributed by atoms with van der Waals surface area (Å²) < 4.78 is 10.6.